The van der Waals surface area contributed by atoms with Crippen LogP contribution in [0.3, 0.4) is 0 Å². The summed E-state index contributed by atoms with van der Waals surface area (Å²) in [7, 11) is 0. The third-order valence-corrected chi connectivity index (χ3v) is 12.7. The zero-order chi connectivity index (χ0) is 25.5. The molecular formula is C30H52O4. The Morgan fingerprint density at radius 3 is 2.21 bits per heavy atom. The van der Waals surface area contributed by atoms with Crippen molar-refractivity contribution in [1.82, 2.24) is 0 Å². The molecule has 34 heavy (non-hydrogen) atoms. The molecule has 4 fully saturated rings. The first-order chi connectivity index (χ1) is 15.5. The van der Waals surface area contributed by atoms with E-state index in [2.05, 4.69) is 41.2 Å². The van der Waals surface area contributed by atoms with Crippen LogP contribution in [-0.4, -0.2) is 44.3 Å². The summed E-state index contributed by atoms with van der Waals surface area (Å²) in [6.45, 7) is 19.5. The van der Waals surface area contributed by atoms with E-state index in [1.54, 1.807) is 0 Å². The van der Waals surface area contributed by atoms with Crippen LogP contribution in [0.5, 0.6) is 0 Å². The highest BCUT2D eigenvalue weighted by atomic mass is 16.3. The first kappa shape index (κ1) is 26.6. The minimum absolute atomic E-state index is 0.0227. The third kappa shape index (κ3) is 3.60. The topological polar surface area (TPSA) is 80.9 Å². The van der Waals surface area contributed by atoms with Gasteiger partial charge in [-0.1, -0.05) is 46.8 Å². The molecule has 0 heterocycles. The number of aliphatic hydroxyl groups excluding tert-OH is 3. The molecule has 0 unspecified atom stereocenters. The summed E-state index contributed by atoms with van der Waals surface area (Å²) in [6.07, 6.45) is 6.72. The van der Waals surface area contributed by atoms with Crippen molar-refractivity contribution < 1.29 is 20.4 Å². The van der Waals surface area contributed by atoms with Crippen LogP contribution in [0.4, 0.5) is 0 Å². The third-order valence-electron chi connectivity index (χ3n) is 12.7. The lowest BCUT2D eigenvalue weighted by Gasteiger charge is -2.70. The van der Waals surface area contributed by atoms with E-state index in [0.717, 1.165) is 50.5 Å². The number of hydrogen-bond acceptors (Lipinski definition) is 4. The molecule has 4 rings (SSSR count). The van der Waals surface area contributed by atoms with Crippen molar-refractivity contribution in [3.8, 4) is 0 Å². The Bertz CT molecular complexity index is 804. The van der Waals surface area contributed by atoms with E-state index >= 15 is 0 Å². The van der Waals surface area contributed by atoms with Gasteiger partial charge in [0.25, 0.3) is 0 Å². The SMILES string of the molecule is C=C(C)[C@H](O)CC[C@](C)(O)[C@H]1CC[C@]2(C)[C@H]1[C@H](O)C[C@@H]1[C@@]3(C)CC[C@@H](O)C(C)(C)[C@@H]3CC[C@]12C. The van der Waals surface area contributed by atoms with Crippen LogP contribution in [0.1, 0.15) is 106 Å². The summed E-state index contributed by atoms with van der Waals surface area (Å²) in [4.78, 5) is 0. The van der Waals surface area contributed by atoms with Gasteiger partial charge in [-0.05, 0) is 117 Å². The van der Waals surface area contributed by atoms with Gasteiger partial charge in [0.15, 0.2) is 0 Å². The van der Waals surface area contributed by atoms with Gasteiger partial charge in [-0.2, -0.15) is 0 Å². The van der Waals surface area contributed by atoms with Crippen molar-refractivity contribution in [2.45, 2.75) is 130 Å². The van der Waals surface area contributed by atoms with Crippen LogP contribution < -0.4 is 0 Å². The predicted molar refractivity (Wildman–Crippen MR) is 137 cm³/mol. The van der Waals surface area contributed by atoms with Gasteiger partial charge in [-0.3, -0.25) is 0 Å². The van der Waals surface area contributed by atoms with E-state index in [9.17, 15) is 20.4 Å². The smallest absolute Gasteiger partial charge is 0.0745 e. The highest BCUT2D eigenvalue weighted by Gasteiger charge is 2.71. The van der Waals surface area contributed by atoms with Gasteiger partial charge in [-0.25, -0.2) is 0 Å². The summed E-state index contributed by atoms with van der Waals surface area (Å²) < 4.78 is 0. The first-order valence-corrected chi connectivity index (χ1v) is 13.9. The molecule has 0 aromatic carbocycles. The molecule has 0 aromatic rings. The highest BCUT2D eigenvalue weighted by Crippen LogP contribution is 2.75. The van der Waals surface area contributed by atoms with Crippen molar-refractivity contribution in [1.29, 1.82) is 0 Å². The highest BCUT2D eigenvalue weighted by molar-refractivity contribution is 5.20. The van der Waals surface area contributed by atoms with Gasteiger partial charge in [0.1, 0.15) is 0 Å². The molecule has 0 aliphatic heterocycles. The van der Waals surface area contributed by atoms with E-state index in [4.69, 9.17) is 0 Å². The summed E-state index contributed by atoms with van der Waals surface area (Å²) in [5.41, 5.74) is -0.0556. The molecule has 4 aliphatic rings. The molecule has 11 atom stereocenters. The summed E-state index contributed by atoms with van der Waals surface area (Å²) in [5.74, 6) is 1.01. The Morgan fingerprint density at radius 1 is 0.971 bits per heavy atom. The van der Waals surface area contributed by atoms with Crippen LogP contribution in [0.25, 0.3) is 0 Å². The van der Waals surface area contributed by atoms with Gasteiger partial charge >= 0.3 is 0 Å². The first-order valence-electron chi connectivity index (χ1n) is 13.9. The molecule has 4 nitrogen and oxygen atoms in total. The normalized spacial score (nSPS) is 50.4. The second-order valence-electron chi connectivity index (χ2n) is 14.6. The van der Waals surface area contributed by atoms with Gasteiger partial charge in [0.2, 0.25) is 0 Å². The quantitative estimate of drug-likeness (QED) is 0.397. The lowest BCUT2D eigenvalue weighted by molar-refractivity contribution is -0.246. The second kappa shape index (κ2) is 8.30. The van der Waals surface area contributed by atoms with Crippen LogP contribution in [0.2, 0.25) is 0 Å². The predicted octanol–water partition coefficient (Wildman–Crippen LogP) is 5.47. The van der Waals surface area contributed by atoms with Gasteiger partial charge in [-0.15, -0.1) is 0 Å². The molecule has 0 bridgehead atoms. The van der Waals surface area contributed by atoms with Gasteiger partial charge < -0.3 is 20.4 Å². The van der Waals surface area contributed by atoms with E-state index < -0.39 is 17.8 Å². The van der Waals surface area contributed by atoms with E-state index in [0.29, 0.717) is 24.7 Å². The summed E-state index contributed by atoms with van der Waals surface area (Å²) in [5, 5.41) is 44.5. The molecule has 4 N–H and O–H groups in total. The maximum Gasteiger partial charge on any atom is 0.0745 e. The molecule has 4 heteroatoms. The van der Waals surface area contributed by atoms with Crippen molar-refractivity contribution in [2.75, 3.05) is 0 Å². The van der Waals surface area contributed by atoms with Crippen LogP contribution in [0.15, 0.2) is 12.2 Å². The average Bonchev–Trinajstić information content (AvgIpc) is 3.12. The van der Waals surface area contributed by atoms with Crippen LogP contribution in [-0.2, 0) is 0 Å². The summed E-state index contributed by atoms with van der Waals surface area (Å²) >= 11 is 0. The van der Waals surface area contributed by atoms with Gasteiger partial charge in [0.05, 0.1) is 23.9 Å². The zero-order valence-electron chi connectivity index (χ0n) is 22.9. The molecular weight excluding hydrogens is 424 g/mol. The Kier molecular flexibility index (Phi) is 6.50. The number of rotatable bonds is 5. The minimum Gasteiger partial charge on any atom is -0.393 e. The summed E-state index contributed by atoms with van der Waals surface area (Å²) in [6, 6.07) is 0. The van der Waals surface area contributed by atoms with E-state index in [1.807, 2.05) is 13.8 Å². The number of hydrogen-bond donors (Lipinski definition) is 4. The van der Waals surface area contributed by atoms with Gasteiger partial charge in [0, 0.05) is 0 Å². The zero-order valence-corrected chi connectivity index (χ0v) is 22.9. The average molecular weight is 477 g/mol. The fourth-order valence-electron chi connectivity index (χ4n) is 10.3. The van der Waals surface area contributed by atoms with E-state index in [1.165, 1.54) is 0 Å². The van der Waals surface area contributed by atoms with Crippen molar-refractivity contribution >= 4 is 0 Å². The van der Waals surface area contributed by atoms with Crippen LogP contribution in [0, 0.1) is 45.3 Å². The maximum atomic E-state index is 11.8. The maximum absolute atomic E-state index is 11.8. The Balaban J connectivity index is 1.64. The fourth-order valence-corrected chi connectivity index (χ4v) is 10.3. The molecule has 0 saturated heterocycles. The second-order valence-corrected chi connectivity index (χ2v) is 14.6. The lowest BCUT2D eigenvalue weighted by Crippen LogP contribution is -2.66. The van der Waals surface area contributed by atoms with Crippen LogP contribution >= 0.6 is 0 Å². The minimum atomic E-state index is -0.916. The molecule has 0 spiro atoms. The standard InChI is InChI=1S/C30H52O4/c1-18(2)20(31)10-16-30(8,34)19-9-14-29(7)25(19)21(32)17-23-27(5)13-12-24(33)26(3,4)22(27)11-15-28(23,29)6/h19-25,31-34H,1,9-17H2,2-8H3/t19-,20+,21+,22-,23+,24+,25+,27-,28+,29+,30-/m0/s1. The fraction of sp³-hybridized carbons (Fsp3) is 0.933. The molecule has 0 amide bonds. The Morgan fingerprint density at radius 2 is 1.59 bits per heavy atom. The van der Waals surface area contributed by atoms with Crippen molar-refractivity contribution in [2.24, 2.45) is 45.3 Å². The molecule has 4 saturated carbocycles. The number of fused-ring (bicyclic) bond motifs is 5. The Hall–Kier alpha value is -0.420. The van der Waals surface area contributed by atoms with Crippen molar-refractivity contribution in [3.63, 3.8) is 0 Å². The Labute approximate surface area is 208 Å². The lowest BCUT2D eigenvalue weighted by atomic mass is 9.35. The van der Waals surface area contributed by atoms with E-state index in [-0.39, 0.29) is 39.6 Å². The molecule has 4 aliphatic carbocycles. The molecule has 196 valence electrons. The largest absolute Gasteiger partial charge is 0.393 e. The number of aliphatic hydroxyl groups is 4. The molecule has 0 radical (unpaired) electrons. The monoisotopic (exact) mass is 476 g/mol. The molecule has 0 aromatic heterocycles. The van der Waals surface area contributed by atoms with Crippen molar-refractivity contribution in [3.05, 3.63) is 12.2 Å².